The third-order valence-electron chi connectivity index (χ3n) is 3.40. The van der Waals surface area contributed by atoms with Crippen LogP contribution in [0.1, 0.15) is 32.3 Å². The molecule has 0 aliphatic heterocycles. The first-order chi connectivity index (χ1) is 9.95. The lowest BCUT2D eigenvalue weighted by Gasteiger charge is -2.13. The van der Waals surface area contributed by atoms with Crippen molar-refractivity contribution in [3.05, 3.63) is 52.8 Å². The van der Waals surface area contributed by atoms with Crippen molar-refractivity contribution in [2.45, 2.75) is 31.6 Å². The van der Waals surface area contributed by atoms with E-state index in [2.05, 4.69) is 0 Å². The first kappa shape index (κ1) is 16.2. The minimum absolute atomic E-state index is 0.0941. The standard InChI is InChI=1S/C17H18ClFOS/c1-4-21(20)12-8-9-16(18)15(10-12)14-7-5-6-13(11(2)3)17(14)19/h5-11H,4H2,1-3H3. The summed E-state index contributed by atoms with van der Waals surface area (Å²) in [5.41, 5.74) is 1.71. The summed E-state index contributed by atoms with van der Waals surface area (Å²) in [6.45, 7) is 5.75. The Balaban J connectivity index is 2.61. The molecule has 0 bridgehead atoms. The third-order valence-corrected chi connectivity index (χ3v) is 5.04. The van der Waals surface area contributed by atoms with Crippen molar-refractivity contribution in [1.29, 1.82) is 0 Å². The van der Waals surface area contributed by atoms with Gasteiger partial charge in [-0.15, -0.1) is 0 Å². The molecule has 0 spiro atoms. The Bertz CT molecular complexity index is 682. The van der Waals surface area contributed by atoms with Crippen LogP contribution in [0.15, 0.2) is 41.3 Å². The molecule has 0 saturated heterocycles. The van der Waals surface area contributed by atoms with Gasteiger partial charge >= 0.3 is 0 Å². The average Bonchev–Trinajstić information content (AvgIpc) is 2.47. The lowest BCUT2D eigenvalue weighted by atomic mass is 9.96. The Labute approximate surface area is 132 Å². The van der Waals surface area contributed by atoms with Crippen LogP contribution in [0.4, 0.5) is 4.39 Å². The van der Waals surface area contributed by atoms with Gasteiger partial charge < -0.3 is 0 Å². The molecule has 0 N–H and O–H groups in total. The van der Waals surface area contributed by atoms with Gasteiger partial charge in [0.2, 0.25) is 0 Å². The van der Waals surface area contributed by atoms with Crippen LogP contribution in [0.5, 0.6) is 0 Å². The first-order valence-electron chi connectivity index (χ1n) is 6.92. The molecule has 1 unspecified atom stereocenters. The van der Waals surface area contributed by atoms with E-state index >= 15 is 0 Å². The molecule has 0 fully saturated rings. The van der Waals surface area contributed by atoms with Crippen LogP contribution in [-0.2, 0) is 10.8 Å². The number of benzene rings is 2. The van der Waals surface area contributed by atoms with Crippen LogP contribution in [-0.4, -0.2) is 9.96 Å². The maximum Gasteiger partial charge on any atom is 0.134 e. The Morgan fingerprint density at radius 2 is 1.90 bits per heavy atom. The van der Waals surface area contributed by atoms with E-state index in [1.807, 2.05) is 26.8 Å². The third kappa shape index (κ3) is 3.35. The van der Waals surface area contributed by atoms with Crippen LogP contribution >= 0.6 is 11.6 Å². The number of rotatable bonds is 4. The minimum Gasteiger partial charge on any atom is -0.254 e. The molecule has 21 heavy (non-hydrogen) atoms. The van der Waals surface area contributed by atoms with Crippen LogP contribution in [0.3, 0.4) is 0 Å². The molecule has 2 rings (SSSR count). The predicted molar refractivity (Wildman–Crippen MR) is 87.9 cm³/mol. The van der Waals surface area contributed by atoms with Crippen molar-refractivity contribution in [1.82, 2.24) is 0 Å². The van der Waals surface area contributed by atoms with Crippen molar-refractivity contribution >= 4 is 22.4 Å². The van der Waals surface area contributed by atoms with E-state index < -0.39 is 10.8 Å². The van der Waals surface area contributed by atoms with Crippen molar-refractivity contribution in [3.8, 4) is 11.1 Å². The lowest BCUT2D eigenvalue weighted by molar-refractivity contribution is 0.601. The highest BCUT2D eigenvalue weighted by Crippen LogP contribution is 2.34. The van der Waals surface area contributed by atoms with E-state index in [0.29, 0.717) is 32.4 Å². The zero-order chi connectivity index (χ0) is 15.6. The highest BCUT2D eigenvalue weighted by atomic mass is 35.5. The van der Waals surface area contributed by atoms with E-state index in [0.717, 1.165) is 0 Å². The largest absolute Gasteiger partial charge is 0.254 e. The van der Waals surface area contributed by atoms with Crippen LogP contribution in [0.25, 0.3) is 11.1 Å². The van der Waals surface area contributed by atoms with Gasteiger partial charge in [0.25, 0.3) is 0 Å². The molecule has 2 aromatic rings. The van der Waals surface area contributed by atoms with E-state index in [9.17, 15) is 8.60 Å². The molecule has 0 saturated carbocycles. The zero-order valence-electron chi connectivity index (χ0n) is 12.3. The Morgan fingerprint density at radius 3 is 2.52 bits per heavy atom. The molecule has 0 amide bonds. The quantitative estimate of drug-likeness (QED) is 0.736. The minimum atomic E-state index is -1.08. The summed E-state index contributed by atoms with van der Waals surface area (Å²) in [6.07, 6.45) is 0. The molecule has 1 atom stereocenters. The second-order valence-electron chi connectivity index (χ2n) is 5.14. The SMILES string of the molecule is CCS(=O)c1ccc(Cl)c(-c2cccc(C(C)C)c2F)c1. The maximum absolute atomic E-state index is 14.7. The zero-order valence-corrected chi connectivity index (χ0v) is 13.9. The van der Waals surface area contributed by atoms with Crippen LogP contribution in [0, 0.1) is 5.82 Å². The summed E-state index contributed by atoms with van der Waals surface area (Å²) in [6, 6.07) is 10.5. The van der Waals surface area contributed by atoms with Gasteiger partial charge in [0.15, 0.2) is 0 Å². The molecule has 0 radical (unpaired) electrons. The van der Waals surface area contributed by atoms with E-state index in [1.54, 1.807) is 30.3 Å². The molecular weight excluding hydrogens is 307 g/mol. The van der Waals surface area contributed by atoms with Gasteiger partial charge in [-0.05, 0) is 29.7 Å². The first-order valence-corrected chi connectivity index (χ1v) is 8.62. The molecule has 0 aromatic heterocycles. The van der Waals surface area contributed by atoms with Gasteiger partial charge in [-0.3, -0.25) is 4.21 Å². The summed E-state index contributed by atoms with van der Waals surface area (Å²) in [7, 11) is -1.08. The Morgan fingerprint density at radius 1 is 1.19 bits per heavy atom. The molecule has 4 heteroatoms. The summed E-state index contributed by atoms with van der Waals surface area (Å²) in [4.78, 5) is 0.672. The average molecular weight is 325 g/mol. The van der Waals surface area contributed by atoms with E-state index in [-0.39, 0.29) is 11.7 Å². The highest BCUT2D eigenvalue weighted by molar-refractivity contribution is 7.85. The second-order valence-corrected chi connectivity index (χ2v) is 7.29. The molecule has 0 aliphatic carbocycles. The van der Waals surface area contributed by atoms with Crippen molar-refractivity contribution in [2.75, 3.05) is 5.75 Å². The van der Waals surface area contributed by atoms with Crippen molar-refractivity contribution < 1.29 is 8.60 Å². The Kier molecular flexibility index (Phi) is 5.17. The second kappa shape index (κ2) is 6.71. The molecule has 0 aliphatic rings. The summed E-state index contributed by atoms with van der Waals surface area (Å²) in [5, 5.41) is 0.464. The van der Waals surface area contributed by atoms with E-state index in [4.69, 9.17) is 11.6 Å². The fraction of sp³-hybridized carbons (Fsp3) is 0.294. The van der Waals surface area contributed by atoms with Gasteiger partial charge in [0.05, 0.1) is 10.8 Å². The molecule has 0 heterocycles. The summed E-state index contributed by atoms with van der Waals surface area (Å²) >= 11 is 6.22. The summed E-state index contributed by atoms with van der Waals surface area (Å²) < 4.78 is 26.6. The van der Waals surface area contributed by atoms with E-state index in [1.165, 1.54) is 0 Å². The fourth-order valence-electron chi connectivity index (χ4n) is 2.22. The highest BCUT2D eigenvalue weighted by Gasteiger charge is 2.15. The number of halogens is 2. The predicted octanol–water partition coefficient (Wildman–Crippen LogP) is 5.40. The normalized spacial score (nSPS) is 12.7. The van der Waals surface area contributed by atoms with Gasteiger partial charge in [-0.25, -0.2) is 4.39 Å². The molecule has 112 valence electrons. The van der Waals surface area contributed by atoms with Gasteiger partial charge in [0.1, 0.15) is 5.82 Å². The fourth-order valence-corrected chi connectivity index (χ4v) is 3.24. The molecule has 1 nitrogen and oxygen atoms in total. The topological polar surface area (TPSA) is 17.1 Å². The monoisotopic (exact) mass is 324 g/mol. The molecular formula is C17H18ClFOS. The maximum atomic E-state index is 14.7. The van der Waals surface area contributed by atoms with Crippen LogP contribution < -0.4 is 0 Å². The van der Waals surface area contributed by atoms with Crippen molar-refractivity contribution in [2.24, 2.45) is 0 Å². The Hall–Kier alpha value is -1.19. The van der Waals surface area contributed by atoms with Crippen molar-refractivity contribution in [3.63, 3.8) is 0 Å². The molecule has 2 aromatic carbocycles. The number of hydrogen-bond acceptors (Lipinski definition) is 1. The lowest BCUT2D eigenvalue weighted by Crippen LogP contribution is -1.98. The van der Waals surface area contributed by atoms with Gasteiger partial charge in [-0.2, -0.15) is 0 Å². The smallest absolute Gasteiger partial charge is 0.134 e. The van der Waals surface area contributed by atoms with Gasteiger partial charge in [-0.1, -0.05) is 50.6 Å². The van der Waals surface area contributed by atoms with Crippen LogP contribution in [0.2, 0.25) is 5.02 Å². The number of hydrogen-bond donors (Lipinski definition) is 0. The summed E-state index contributed by atoms with van der Waals surface area (Å²) in [5.74, 6) is 0.362. The van der Waals surface area contributed by atoms with Gasteiger partial charge in [0, 0.05) is 26.8 Å².